The van der Waals surface area contributed by atoms with Crippen molar-refractivity contribution in [3.05, 3.63) is 53.1 Å². The average Bonchev–Trinajstić information content (AvgIpc) is 2.68. The van der Waals surface area contributed by atoms with Crippen molar-refractivity contribution in [2.45, 2.75) is 12.8 Å². The lowest BCUT2D eigenvalue weighted by Gasteiger charge is -2.27. The Labute approximate surface area is 159 Å². The summed E-state index contributed by atoms with van der Waals surface area (Å²) in [5.41, 5.74) is 2.45. The Morgan fingerprint density at radius 3 is 2.73 bits per heavy atom. The SMILES string of the molecule is COc1ccc(Cl)cc1-c1cccc(C(=O)N(C)CC2CCOCC2)c1. The molecule has 1 saturated heterocycles. The number of nitrogens with zero attached hydrogens (tertiary/aromatic N) is 1. The second-order valence-electron chi connectivity index (χ2n) is 6.67. The molecule has 4 nitrogen and oxygen atoms in total. The van der Waals surface area contributed by atoms with Crippen LogP contribution in [0.4, 0.5) is 0 Å². The van der Waals surface area contributed by atoms with Gasteiger partial charge in [0.2, 0.25) is 0 Å². The Bertz CT molecular complexity index is 772. The molecule has 0 N–H and O–H groups in total. The van der Waals surface area contributed by atoms with Gasteiger partial charge in [-0.15, -0.1) is 0 Å². The van der Waals surface area contributed by atoms with E-state index in [1.807, 2.05) is 48.3 Å². The minimum atomic E-state index is 0.0272. The molecule has 1 aliphatic heterocycles. The van der Waals surface area contributed by atoms with Crippen molar-refractivity contribution in [1.29, 1.82) is 0 Å². The zero-order valence-electron chi connectivity index (χ0n) is 15.2. The molecule has 5 heteroatoms. The van der Waals surface area contributed by atoms with Crippen molar-refractivity contribution in [3.63, 3.8) is 0 Å². The Kier molecular flexibility index (Phi) is 6.17. The zero-order valence-corrected chi connectivity index (χ0v) is 16.0. The normalized spacial score (nSPS) is 14.9. The van der Waals surface area contributed by atoms with Crippen LogP contribution in [0.5, 0.6) is 5.75 Å². The number of hydrogen-bond donors (Lipinski definition) is 0. The van der Waals surface area contributed by atoms with Gasteiger partial charge >= 0.3 is 0 Å². The maximum Gasteiger partial charge on any atom is 0.253 e. The minimum absolute atomic E-state index is 0.0272. The number of rotatable bonds is 5. The molecule has 0 unspecified atom stereocenters. The highest BCUT2D eigenvalue weighted by Gasteiger charge is 2.20. The molecule has 0 aromatic heterocycles. The highest BCUT2D eigenvalue weighted by Crippen LogP contribution is 2.33. The molecule has 2 aromatic rings. The summed E-state index contributed by atoms with van der Waals surface area (Å²) < 4.78 is 10.8. The molecule has 1 amide bonds. The fourth-order valence-electron chi connectivity index (χ4n) is 3.35. The topological polar surface area (TPSA) is 38.8 Å². The largest absolute Gasteiger partial charge is 0.496 e. The molecule has 1 aliphatic rings. The van der Waals surface area contributed by atoms with Gasteiger partial charge in [-0.2, -0.15) is 0 Å². The summed E-state index contributed by atoms with van der Waals surface area (Å²) in [5.74, 6) is 1.27. The number of methoxy groups -OCH3 is 1. The van der Waals surface area contributed by atoms with Gasteiger partial charge < -0.3 is 14.4 Å². The number of hydrogen-bond acceptors (Lipinski definition) is 3. The van der Waals surface area contributed by atoms with Crippen LogP contribution in [-0.2, 0) is 4.74 Å². The molecule has 2 aromatic carbocycles. The van der Waals surface area contributed by atoms with E-state index in [0.29, 0.717) is 16.5 Å². The highest BCUT2D eigenvalue weighted by atomic mass is 35.5. The number of carbonyl (C=O) groups excluding carboxylic acids is 1. The van der Waals surface area contributed by atoms with E-state index < -0.39 is 0 Å². The minimum Gasteiger partial charge on any atom is -0.496 e. The summed E-state index contributed by atoms with van der Waals surface area (Å²) in [7, 11) is 3.49. The monoisotopic (exact) mass is 373 g/mol. The molecule has 3 rings (SSSR count). The third-order valence-electron chi connectivity index (χ3n) is 4.80. The number of ether oxygens (including phenoxy) is 2. The highest BCUT2D eigenvalue weighted by molar-refractivity contribution is 6.31. The Morgan fingerprint density at radius 2 is 2.00 bits per heavy atom. The molecule has 0 spiro atoms. The van der Waals surface area contributed by atoms with Crippen LogP contribution in [-0.4, -0.2) is 44.7 Å². The van der Waals surface area contributed by atoms with Gasteiger partial charge in [0.05, 0.1) is 7.11 Å². The van der Waals surface area contributed by atoms with Crippen molar-refractivity contribution in [2.75, 3.05) is 33.9 Å². The fourth-order valence-corrected chi connectivity index (χ4v) is 3.52. The number of halogens is 1. The Hall–Kier alpha value is -2.04. The first-order valence-electron chi connectivity index (χ1n) is 8.85. The molecule has 0 atom stereocenters. The smallest absolute Gasteiger partial charge is 0.253 e. The Morgan fingerprint density at radius 1 is 1.23 bits per heavy atom. The first-order valence-corrected chi connectivity index (χ1v) is 9.23. The van der Waals surface area contributed by atoms with Crippen LogP contribution in [0, 0.1) is 5.92 Å². The van der Waals surface area contributed by atoms with Crippen molar-refractivity contribution in [2.24, 2.45) is 5.92 Å². The Balaban J connectivity index is 1.80. The first kappa shape index (κ1) is 18.7. The summed E-state index contributed by atoms with van der Waals surface area (Å²) in [6.45, 7) is 2.33. The number of carbonyl (C=O) groups is 1. The summed E-state index contributed by atoms with van der Waals surface area (Å²) >= 11 is 6.14. The zero-order chi connectivity index (χ0) is 18.5. The molecule has 0 saturated carbocycles. The van der Waals surface area contributed by atoms with Gasteiger partial charge in [0.1, 0.15) is 5.75 Å². The van der Waals surface area contributed by atoms with Crippen LogP contribution in [0.25, 0.3) is 11.1 Å². The van der Waals surface area contributed by atoms with Gasteiger partial charge in [0.15, 0.2) is 0 Å². The molecule has 1 heterocycles. The molecule has 0 aliphatic carbocycles. The fraction of sp³-hybridized carbons (Fsp3) is 0.381. The van der Waals surface area contributed by atoms with E-state index in [9.17, 15) is 4.79 Å². The maximum atomic E-state index is 12.9. The van der Waals surface area contributed by atoms with Gasteiger partial charge in [-0.05, 0) is 54.7 Å². The van der Waals surface area contributed by atoms with Crippen LogP contribution < -0.4 is 4.74 Å². The second-order valence-corrected chi connectivity index (χ2v) is 7.10. The molecule has 138 valence electrons. The van der Waals surface area contributed by atoms with Gasteiger partial charge in [-0.25, -0.2) is 0 Å². The van der Waals surface area contributed by atoms with Gasteiger partial charge in [-0.3, -0.25) is 4.79 Å². The standard InChI is InChI=1S/C21H24ClNO3/c1-23(14-15-8-10-26-11-9-15)21(24)17-5-3-4-16(12-17)19-13-18(22)6-7-20(19)25-2/h3-7,12-13,15H,8-11,14H2,1-2H3. The van der Waals surface area contributed by atoms with Crippen molar-refractivity contribution >= 4 is 17.5 Å². The molecular formula is C21H24ClNO3. The quantitative estimate of drug-likeness (QED) is 0.773. The molecule has 0 radical (unpaired) electrons. The van der Waals surface area contributed by atoms with Crippen LogP contribution in [0.15, 0.2) is 42.5 Å². The predicted molar refractivity (Wildman–Crippen MR) is 104 cm³/mol. The van der Waals surface area contributed by atoms with E-state index in [4.69, 9.17) is 21.1 Å². The molecule has 0 bridgehead atoms. The molecular weight excluding hydrogens is 350 g/mol. The van der Waals surface area contributed by atoms with E-state index in [-0.39, 0.29) is 5.91 Å². The lowest BCUT2D eigenvalue weighted by atomic mass is 9.99. The van der Waals surface area contributed by atoms with E-state index >= 15 is 0 Å². The van der Waals surface area contributed by atoms with E-state index in [1.165, 1.54) is 0 Å². The summed E-state index contributed by atoms with van der Waals surface area (Å²) in [6.07, 6.45) is 2.02. The van der Waals surface area contributed by atoms with Crippen LogP contribution in [0.3, 0.4) is 0 Å². The van der Waals surface area contributed by atoms with Gasteiger partial charge in [0.25, 0.3) is 5.91 Å². The van der Waals surface area contributed by atoms with Crippen LogP contribution >= 0.6 is 11.6 Å². The van der Waals surface area contributed by atoms with E-state index in [2.05, 4.69) is 0 Å². The van der Waals surface area contributed by atoms with Crippen molar-refractivity contribution in [3.8, 4) is 16.9 Å². The summed E-state index contributed by atoms with van der Waals surface area (Å²) in [5, 5.41) is 0.633. The lowest BCUT2D eigenvalue weighted by Crippen LogP contribution is -2.34. The third kappa shape index (κ3) is 4.37. The van der Waals surface area contributed by atoms with Gasteiger partial charge in [0, 0.05) is 43.0 Å². The van der Waals surface area contributed by atoms with E-state index in [0.717, 1.165) is 49.5 Å². The van der Waals surface area contributed by atoms with E-state index in [1.54, 1.807) is 13.2 Å². The summed E-state index contributed by atoms with van der Waals surface area (Å²) in [4.78, 5) is 14.7. The predicted octanol–water partition coefficient (Wildman–Crippen LogP) is 4.51. The lowest BCUT2D eigenvalue weighted by molar-refractivity contribution is 0.0497. The van der Waals surface area contributed by atoms with Crippen LogP contribution in [0.2, 0.25) is 5.02 Å². The van der Waals surface area contributed by atoms with Crippen molar-refractivity contribution < 1.29 is 14.3 Å². The van der Waals surface area contributed by atoms with Gasteiger partial charge in [-0.1, -0.05) is 23.7 Å². The van der Waals surface area contributed by atoms with Crippen molar-refractivity contribution in [1.82, 2.24) is 4.90 Å². The number of benzene rings is 2. The average molecular weight is 374 g/mol. The molecule has 26 heavy (non-hydrogen) atoms. The summed E-state index contributed by atoms with van der Waals surface area (Å²) in [6, 6.07) is 13.1. The number of amides is 1. The third-order valence-corrected chi connectivity index (χ3v) is 5.04. The maximum absolute atomic E-state index is 12.9. The second kappa shape index (κ2) is 8.56. The van der Waals surface area contributed by atoms with Crippen LogP contribution in [0.1, 0.15) is 23.2 Å². The first-order chi connectivity index (χ1) is 12.6. The molecule has 1 fully saturated rings.